The van der Waals surface area contributed by atoms with Crippen molar-refractivity contribution in [2.75, 3.05) is 25.0 Å². The third-order valence-electron chi connectivity index (χ3n) is 5.42. The fraction of sp³-hybridized carbons (Fsp3) is 0.304. The predicted octanol–water partition coefficient (Wildman–Crippen LogP) is 4.45. The van der Waals surface area contributed by atoms with Crippen molar-refractivity contribution in [2.45, 2.75) is 25.7 Å². The minimum atomic E-state index is -4.81. The first-order valence-electron chi connectivity index (χ1n) is 11.5. The average Bonchev–Trinajstić information content (AvgIpc) is 3.57. The van der Waals surface area contributed by atoms with E-state index < -0.39 is 12.1 Å². The minimum Gasteiger partial charge on any atom is -0.404 e. The largest absolute Gasteiger partial charge is 0.573 e. The zero-order valence-corrected chi connectivity index (χ0v) is 21.3. The number of carbonyl (C=O) groups excluding carboxylic acids is 1. The van der Waals surface area contributed by atoms with E-state index in [2.05, 4.69) is 41.1 Å². The molecule has 0 bridgehead atoms. The Morgan fingerprint density at radius 1 is 1.11 bits per heavy atom. The first-order valence-corrected chi connectivity index (χ1v) is 12.2. The van der Waals surface area contributed by atoms with Gasteiger partial charge in [-0.3, -0.25) is 14.5 Å². The molecular formula is C23H23Cl2F3N8O2. The van der Waals surface area contributed by atoms with Gasteiger partial charge in [0.15, 0.2) is 0 Å². The van der Waals surface area contributed by atoms with Crippen molar-refractivity contribution in [3.8, 4) is 11.4 Å². The van der Waals surface area contributed by atoms with E-state index >= 15 is 0 Å². The van der Waals surface area contributed by atoms with E-state index in [1.54, 1.807) is 23.4 Å². The van der Waals surface area contributed by atoms with E-state index in [-0.39, 0.29) is 17.4 Å². The molecule has 0 radical (unpaired) electrons. The van der Waals surface area contributed by atoms with Gasteiger partial charge in [-0.15, -0.1) is 23.4 Å². The zero-order chi connectivity index (χ0) is 27.1. The highest BCUT2D eigenvalue weighted by atomic mass is 35.5. The first kappa shape index (κ1) is 27.5. The Balaban J connectivity index is 1.16. The molecule has 0 fully saturated rings. The van der Waals surface area contributed by atoms with Crippen LogP contribution in [0.2, 0.25) is 10.0 Å². The van der Waals surface area contributed by atoms with Gasteiger partial charge in [0.25, 0.3) is 0 Å². The molecule has 0 spiro atoms. The molecule has 0 unspecified atom stereocenters. The standard InChI is InChI=1S/C23H23Cl2F3N8O2/c24-16-8-14(2-3-19(16)38-23(26,27)28)10-29-7-4-20(37)31-6-1-5-30-17-9-18(36-12-33-34-13-36)21(25)22-15(17)11-32-35-22/h2-3,8-9,11-13,29-30H,1,4-7,10H2,(H,31,37)(H,32,35). The number of nitrogens with zero attached hydrogens (tertiary/aromatic N) is 4. The van der Waals surface area contributed by atoms with Crippen LogP contribution in [0.15, 0.2) is 43.1 Å². The summed E-state index contributed by atoms with van der Waals surface area (Å²) in [5.41, 5.74) is 2.88. The number of alkyl halides is 3. The number of halogens is 5. The smallest absolute Gasteiger partial charge is 0.404 e. The second-order valence-corrected chi connectivity index (χ2v) is 8.94. The van der Waals surface area contributed by atoms with Crippen molar-refractivity contribution >= 4 is 45.7 Å². The summed E-state index contributed by atoms with van der Waals surface area (Å²) in [6.07, 6.45) is 0.898. The topological polar surface area (TPSA) is 122 Å². The lowest BCUT2D eigenvalue weighted by Gasteiger charge is -2.13. The quantitative estimate of drug-likeness (QED) is 0.186. The first-order chi connectivity index (χ1) is 18.2. The van der Waals surface area contributed by atoms with Gasteiger partial charge in [0.1, 0.15) is 18.4 Å². The predicted molar refractivity (Wildman–Crippen MR) is 137 cm³/mol. The molecule has 4 N–H and O–H groups in total. The van der Waals surface area contributed by atoms with E-state index in [1.807, 2.05) is 6.07 Å². The van der Waals surface area contributed by atoms with E-state index in [0.717, 1.165) is 17.1 Å². The van der Waals surface area contributed by atoms with Gasteiger partial charge < -0.3 is 20.7 Å². The Bertz CT molecular complexity index is 1380. The molecule has 2 aromatic heterocycles. The number of benzene rings is 2. The number of anilines is 1. The maximum atomic E-state index is 12.3. The van der Waals surface area contributed by atoms with Gasteiger partial charge in [0.2, 0.25) is 5.91 Å². The second kappa shape index (κ2) is 12.3. The van der Waals surface area contributed by atoms with Crippen LogP contribution in [0.3, 0.4) is 0 Å². The van der Waals surface area contributed by atoms with E-state index in [4.69, 9.17) is 23.2 Å². The third kappa shape index (κ3) is 7.27. The van der Waals surface area contributed by atoms with Crippen molar-refractivity contribution in [3.63, 3.8) is 0 Å². The number of H-pyrrole nitrogens is 1. The number of hydrogen-bond acceptors (Lipinski definition) is 7. The summed E-state index contributed by atoms with van der Waals surface area (Å²) >= 11 is 12.4. The van der Waals surface area contributed by atoms with Crippen molar-refractivity contribution < 1.29 is 22.7 Å². The van der Waals surface area contributed by atoms with E-state index in [9.17, 15) is 18.0 Å². The fourth-order valence-corrected chi connectivity index (χ4v) is 4.18. The number of hydrogen-bond donors (Lipinski definition) is 4. The van der Waals surface area contributed by atoms with Gasteiger partial charge >= 0.3 is 6.36 Å². The molecule has 1 amide bonds. The lowest BCUT2D eigenvalue weighted by atomic mass is 10.2. The van der Waals surface area contributed by atoms with Gasteiger partial charge in [-0.2, -0.15) is 5.10 Å². The van der Waals surface area contributed by atoms with E-state index in [0.29, 0.717) is 54.4 Å². The summed E-state index contributed by atoms with van der Waals surface area (Å²) in [4.78, 5) is 12.1. The maximum Gasteiger partial charge on any atom is 0.573 e. The number of amides is 1. The summed E-state index contributed by atoms with van der Waals surface area (Å²) in [6, 6.07) is 5.90. The maximum absolute atomic E-state index is 12.3. The minimum absolute atomic E-state index is 0.122. The normalized spacial score (nSPS) is 11.6. The van der Waals surface area contributed by atoms with Crippen molar-refractivity contribution in [1.82, 2.24) is 35.6 Å². The van der Waals surface area contributed by atoms with Crippen LogP contribution in [0.4, 0.5) is 18.9 Å². The monoisotopic (exact) mass is 570 g/mol. The Hall–Kier alpha value is -3.55. The van der Waals surface area contributed by atoms with Gasteiger partial charge in [0.05, 0.1) is 27.4 Å². The van der Waals surface area contributed by atoms with Gasteiger partial charge in [-0.1, -0.05) is 29.3 Å². The molecule has 38 heavy (non-hydrogen) atoms. The van der Waals surface area contributed by atoms with E-state index in [1.165, 1.54) is 12.1 Å². The summed E-state index contributed by atoms with van der Waals surface area (Å²) < 4.78 is 42.5. The Labute approximate surface area is 224 Å². The number of aromatic amines is 1. The molecular weight excluding hydrogens is 548 g/mol. The number of nitrogens with one attached hydrogen (secondary N) is 4. The summed E-state index contributed by atoms with van der Waals surface area (Å²) in [5, 5.41) is 25.1. The van der Waals surface area contributed by atoms with Crippen LogP contribution in [-0.4, -0.2) is 56.9 Å². The van der Waals surface area contributed by atoms with Crippen LogP contribution in [-0.2, 0) is 11.3 Å². The van der Waals surface area contributed by atoms with Crippen LogP contribution < -0.4 is 20.7 Å². The summed E-state index contributed by atoms with van der Waals surface area (Å²) in [5.74, 6) is -0.582. The van der Waals surface area contributed by atoms with Crippen LogP contribution in [0, 0.1) is 0 Å². The van der Waals surface area contributed by atoms with Crippen molar-refractivity contribution in [3.05, 3.63) is 58.7 Å². The van der Waals surface area contributed by atoms with Crippen molar-refractivity contribution in [1.29, 1.82) is 0 Å². The highest BCUT2D eigenvalue weighted by molar-refractivity contribution is 6.37. The van der Waals surface area contributed by atoms with Gasteiger partial charge in [0, 0.05) is 43.7 Å². The molecule has 0 aliphatic rings. The molecule has 4 rings (SSSR count). The van der Waals surface area contributed by atoms with Crippen LogP contribution in [0.1, 0.15) is 18.4 Å². The van der Waals surface area contributed by atoms with Crippen LogP contribution in [0.25, 0.3) is 16.6 Å². The van der Waals surface area contributed by atoms with Crippen LogP contribution in [0.5, 0.6) is 5.75 Å². The van der Waals surface area contributed by atoms with Crippen LogP contribution >= 0.6 is 23.2 Å². The molecule has 0 aliphatic heterocycles. The van der Waals surface area contributed by atoms with Crippen molar-refractivity contribution in [2.24, 2.45) is 0 Å². The fourth-order valence-electron chi connectivity index (χ4n) is 3.65. The highest BCUT2D eigenvalue weighted by Crippen LogP contribution is 2.34. The van der Waals surface area contributed by atoms with Gasteiger partial charge in [-0.25, -0.2) is 0 Å². The number of ether oxygens (including phenoxy) is 1. The Kier molecular flexibility index (Phi) is 8.92. The molecule has 2 heterocycles. The molecule has 15 heteroatoms. The molecule has 0 aliphatic carbocycles. The highest BCUT2D eigenvalue weighted by Gasteiger charge is 2.32. The zero-order valence-electron chi connectivity index (χ0n) is 19.8. The molecule has 0 saturated heterocycles. The third-order valence-corrected chi connectivity index (χ3v) is 6.10. The molecule has 10 nitrogen and oxygen atoms in total. The average molecular weight is 571 g/mol. The Morgan fingerprint density at radius 3 is 2.63 bits per heavy atom. The summed E-state index contributed by atoms with van der Waals surface area (Å²) in [6.45, 7) is 1.79. The lowest BCUT2D eigenvalue weighted by Crippen LogP contribution is -2.29. The number of rotatable bonds is 12. The lowest BCUT2D eigenvalue weighted by molar-refractivity contribution is -0.274. The number of aromatic nitrogens is 5. The second-order valence-electron chi connectivity index (χ2n) is 8.15. The molecule has 202 valence electrons. The molecule has 0 saturated carbocycles. The SMILES string of the molecule is O=C(CCNCc1ccc(OC(F)(F)F)c(Cl)c1)NCCCNc1cc(-n2cnnc2)c(Cl)c2[nH]ncc12. The summed E-state index contributed by atoms with van der Waals surface area (Å²) in [7, 11) is 0. The molecule has 2 aromatic carbocycles. The number of fused-ring (bicyclic) bond motifs is 1. The molecule has 4 aromatic rings. The Morgan fingerprint density at radius 2 is 1.89 bits per heavy atom. The van der Waals surface area contributed by atoms with Gasteiger partial charge in [-0.05, 0) is 30.2 Å². The molecule has 0 atom stereocenters. The number of carbonyl (C=O) groups is 1.